The molecule has 1 N–H and O–H groups in total. The minimum Gasteiger partial charge on any atom is -0.296 e. The number of nitrogens with zero attached hydrogens (tertiary/aromatic N) is 2. The first-order chi connectivity index (χ1) is 16.4. The van der Waals surface area contributed by atoms with Crippen LogP contribution in [-0.2, 0) is 22.9 Å². The van der Waals surface area contributed by atoms with Crippen LogP contribution < -0.4 is 10.3 Å². The van der Waals surface area contributed by atoms with E-state index in [4.69, 9.17) is 0 Å². The van der Waals surface area contributed by atoms with Crippen LogP contribution in [0.25, 0.3) is 11.1 Å². The lowest BCUT2D eigenvalue weighted by Gasteiger charge is -2.33. The van der Waals surface area contributed by atoms with Crippen LogP contribution >= 0.6 is 0 Å². The van der Waals surface area contributed by atoms with Crippen LogP contribution in [0.15, 0.2) is 47.5 Å². The Hall–Kier alpha value is -2.91. The lowest BCUT2D eigenvalue weighted by Crippen LogP contribution is -2.45. The molecule has 0 saturated heterocycles. The molecule has 9 heteroatoms. The number of fused-ring (bicyclic) bond motifs is 1. The molecule has 0 bridgehead atoms. The van der Waals surface area contributed by atoms with Crippen LogP contribution in [0.4, 0.5) is 8.78 Å². The van der Waals surface area contributed by atoms with Gasteiger partial charge in [0.05, 0.1) is 18.3 Å². The Morgan fingerprint density at radius 1 is 1.20 bits per heavy atom. The third-order valence-electron chi connectivity index (χ3n) is 6.50. The lowest BCUT2D eigenvalue weighted by atomic mass is 9.78. The Bertz CT molecular complexity index is 1430. The zero-order valence-corrected chi connectivity index (χ0v) is 21.0. The first kappa shape index (κ1) is 25.2. The Morgan fingerprint density at radius 3 is 2.63 bits per heavy atom. The van der Waals surface area contributed by atoms with Gasteiger partial charge in [-0.2, -0.15) is 0 Å². The third kappa shape index (κ3) is 5.36. The average Bonchev–Trinajstić information content (AvgIpc) is 2.77. The monoisotopic (exact) mass is 501 g/mol. The van der Waals surface area contributed by atoms with Crippen LogP contribution in [0, 0.1) is 18.6 Å². The van der Waals surface area contributed by atoms with E-state index in [9.17, 15) is 22.0 Å². The molecule has 2 atom stereocenters. The van der Waals surface area contributed by atoms with Gasteiger partial charge in [-0.3, -0.25) is 9.36 Å². The summed E-state index contributed by atoms with van der Waals surface area (Å²) in [7, 11) is -3.53. The maximum atomic E-state index is 14.8. The maximum absolute atomic E-state index is 14.8. The first-order valence-electron chi connectivity index (χ1n) is 11.6. The minimum atomic E-state index is -3.53. The van der Waals surface area contributed by atoms with Gasteiger partial charge in [0.2, 0.25) is 10.0 Å². The summed E-state index contributed by atoms with van der Waals surface area (Å²) in [5, 5.41) is 0. The fourth-order valence-electron chi connectivity index (χ4n) is 4.87. The zero-order valence-electron chi connectivity index (χ0n) is 20.2. The molecule has 0 spiro atoms. The zero-order chi connectivity index (χ0) is 25.5. The van der Waals surface area contributed by atoms with Gasteiger partial charge in [-0.1, -0.05) is 24.3 Å². The molecule has 0 saturated carbocycles. The number of nitrogens with one attached hydrogen (secondary N) is 1. The molecule has 1 aliphatic rings. The van der Waals surface area contributed by atoms with Gasteiger partial charge in [0.1, 0.15) is 11.6 Å². The molecule has 0 amide bonds. The summed E-state index contributed by atoms with van der Waals surface area (Å²) in [4.78, 5) is 17.9. The summed E-state index contributed by atoms with van der Waals surface area (Å²) in [6.07, 6.45) is 3.97. The van der Waals surface area contributed by atoms with Gasteiger partial charge in [-0.15, -0.1) is 0 Å². The van der Waals surface area contributed by atoms with Crippen LogP contribution in [-0.4, -0.2) is 30.3 Å². The fourth-order valence-corrected chi connectivity index (χ4v) is 5.70. The van der Waals surface area contributed by atoms with Gasteiger partial charge in [0.15, 0.2) is 0 Å². The molecule has 0 fully saturated rings. The second kappa shape index (κ2) is 9.62. The van der Waals surface area contributed by atoms with E-state index >= 15 is 0 Å². The SMILES string of the molecule is Cc1cc(F)cc(-c2cccc(C[C@@H]3c4c(ncn(C(C)C)c4=O)CC[C@@H]3NS(C)(=O)=O)c2)c1F. The Balaban J connectivity index is 1.80. The van der Waals surface area contributed by atoms with Crippen LogP contribution in [0.1, 0.15) is 54.6 Å². The summed E-state index contributed by atoms with van der Waals surface area (Å²) < 4.78 is 57.3. The Kier molecular flexibility index (Phi) is 6.92. The quantitative estimate of drug-likeness (QED) is 0.547. The van der Waals surface area contributed by atoms with Crippen LogP contribution in [0.2, 0.25) is 0 Å². The fraction of sp³-hybridized carbons (Fsp3) is 0.385. The first-order valence-corrected chi connectivity index (χ1v) is 13.5. The third-order valence-corrected chi connectivity index (χ3v) is 7.23. The summed E-state index contributed by atoms with van der Waals surface area (Å²) in [6.45, 7) is 5.29. The van der Waals surface area contributed by atoms with E-state index in [0.29, 0.717) is 36.1 Å². The molecule has 4 rings (SSSR count). The van der Waals surface area contributed by atoms with Gasteiger partial charge < -0.3 is 0 Å². The number of hydrogen-bond acceptors (Lipinski definition) is 4. The van der Waals surface area contributed by atoms with Gasteiger partial charge in [0, 0.05) is 29.1 Å². The molecule has 186 valence electrons. The number of hydrogen-bond donors (Lipinski definition) is 1. The summed E-state index contributed by atoms with van der Waals surface area (Å²) in [6, 6.07) is 8.78. The topological polar surface area (TPSA) is 81.1 Å². The second-order valence-corrected chi connectivity index (χ2v) is 11.3. The number of aryl methyl sites for hydroxylation is 2. The summed E-state index contributed by atoms with van der Waals surface area (Å²) in [5.41, 5.74) is 2.65. The normalized spacial score (nSPS) is 18.0. The highest BCUT2D eigenvalue weighted by Crippen LogP contribution is 2.34. The van der Waals surface area contributed by atoms with Crippen LogP contribution in [0.5, 0.6) is 0 Å². The van der Waals surface area contributed by atoms with Crippen molar-refractivity contribution in [2.24, 2.45) is 0 Å². The van der Waals surface area contributed by atoms with Crippen molar-refractivity contribution in [2.45, 2.75) is 58.0 Å². The lowest BCUT2D eigenvalue weighted by molar-refractivity contribution is 0.413. The van der Waals surface area contributed by atoms with Crippen LogP contribution in [0.3, 0.4) is 0 Å². The number of halogens is 2. The molecule has 3 aromatic rings. The summed E-state index contributed by atoms with van der Waals surface area (Å²) >= 11 is 0. The molecule has 1 aliphatic carbocycles. The van der Waals surface area contributed by atoms with E-state index in [2.05, 4.69) is 9.71 Å². The Labute approximate surface area is 204 Å². The van der Waals surface area contributed by atoms with E-state index in [1.165, 1.54) is 6.92 Å². The molecule has 0 aliphatic heterocycles. The second-order valence-electron chi connectivity index (χ2n) is 9.54. The number of sulfonamides is 1. The number of benzene rings is 2. The highest BCUT2D eigenvalue weighted by atomic mass is 32.2. The average molecular weight is 502 g/mol. The molecular formula is C26H29F2N3O3S. The highest BCUT2D eigenvalue weighted by molar-refractivity contribution is 7.88. The smallest absolute Gasteiger partial charge is 0.257 e. The summed E-state index contributed by atoms with van der Waals surface area (Å²) in [5.74, 6) is -1.48. The predicted molar refractivity (Wildman–Crippen MR) is 132 cm³/mol. The van der Waals surface area contributed by atoms with Gasteiger partial charge in [-0.05, 0) is 68.9 Å². The molecule has 1 heterocycles. The largest absolute Gasteiger partial charge is 0.296 e. The highest BCUT2D eigenvalue weighted by Gasteiger charge is 2.35. The van der Waals surface area contributed by atoms with Crippen molar-refractivity contribution in [1.29, 1.82) is 0 Å². The van der Waals surface area contributed by atoms with E-state index in [0.717, 1.165) is 24.0 Å². The van der Waals surface area contributed by atoms with E-state index in [1.54, 1.807) is 29.1 Å². The molecule has 0 unspecified atom stereocenters. The molecular weight excluding hydrogens is 472 g/mol. The van der Waals surface area contributed by atoms with Gasteiger partial charge >= 0.3 is 0 Å². The molecule has 35 heavy (non-hydrogen) atoms. The van der Waals surface area contributed by atoms with Crippen molar-refractivity contribution in [3.63, 3.8) is 0 Å². The van der Waals surface area contributed by atoms with Crippen molar-refractivity contribution < 1.29 is 17.2 Å². The predicted octanol–water partition coefficient (Wildman–Crippen LogP) is 4.27. The van der Waals surface area contributed by atoms with Crippen molar-refractivity contribution in [1.82, 2.24) is 14.3 Å². The molecule has 2 aromatic carbocycles. The van der Waals surface area contributed by atoms with Crippen molar-refractivity contribution in [2.75, 3.05) is 6.26 Å². The Morgan fingerprint density at radius 2 is 1.94 bits per heavy atom. The van der Waals surface area contributed by atoms with E-state index in [-0.39, 0.29) is 22.7 Å². The maximum Gasteiger partial charge on any atom is 0.257 e. The van der Waals surface area contributed by atoms with E-state index in [1.807, 2.05) is 19.9 Å². The van der Waals surface area contributed by atoms with Crippen molar-refractivity contribution in [3.8, 4) is 11.1 Å². The molecule has 0 radical (unpaired) electrons. The number of aromatic nitrogens is 2. The molecule has 6 nitrogen and oxygen atoms in total. The van der Waals surface area contributed by atoms with E-state index < -0.39 is 33.6 Å². The van der Waals surface area contributed by atoms with Crippen molar-refractivity contribution >= 4 is 10.0 Å². The number of rotatable bonds is 6. The van der Waals surface area contributed by atoms with Crippen molar-refractivity contribution in [3.05, 3.63) is 87.1 Å². The minimum absolute atomic E-state index is 0.105. The molecule has 1 aromatic heterocycles. The van der Waals surface area contributed by atoms with Gasteiger partial charge in [-0.25, -0.2) is 26.9 Å². The standard InChI is InChI=1S/C26H29F2N3O3S/c1-15(2)31-14-29-23-9-8-22(30-35(4,33)34)21(24(23)26(31)32)12-17-6-5-7-18(11-17)20-13-19(27)10-16(3)25(20)28/h5-7,10-11,13-15,21-22,30H,8-9,12H2,1-4H3/t21-,22-/m0/s1. The van der Waals surface area contributed by atoms with Gasteiger partial charge in [0.25, 0.3) is 5.56 Å².